The lowest BCUT2D eigenvalue weighted by molar-refractivity contribution is 0.679. The summed E-state index contributed by atoms with van der Waals surface area (Å²) in [5, 5.41) is 14.8. The van der Waals surface area contributed by atoms with Crippen molar-refractivity contribution in [2.24, 2.45) is 0 Å². The number of hydrogen-bond donors (Lipinski definition) is 2. The molecule has 0 saturated carbocycles. The third-order valence-corrected chi connectivity index (χ3v) is 3.75. The van der Waals surface area contributed by atoms with Gasteiger partial charge in [0.25, 0.3) is 0 Å². The van der Waals surface area contributed by atoms with Crippen molar-refractivity contribution in [2.45, 2.75) is 33.5 Å². The van der Waals surface area contributed by atoms with E-state index in [1.54, 1.807) is 12.7 Å². The molecule has 6 heteroatoms. The van der Waals surface area contributed by atoms with Gasteiger partial charge in [0.2, 0.25) is 0 Å². The van der Waals surface area contributed by atoms with Crippen LogP contribution < -0.4 is 5.32 Å². The molecule has 3 aromatic rings. The van der Waals surface area contributed by atoms with E-state index in [1.165, 1.54) is 16.7 Å². The van der Waals surface area contributed by atoms with E-state index in [4.69, 9.17) is 0 Å². The van der Waals surface area contributed by atoms with Crippen LogP contribution in [0.1, 0.15) is 28.1 Å². The number of aromatic nitrogens is 5. The van der Waals surface area contributed by atoms with Gasteiger partial charge in [0.1, 0.15) is 12.7 Å². The van der Waals surface area contributed by atoms with Crippen molar-refractivity contribution in [1.29, 1.82) is 0 Å². The molecule has 0 fully saturated rings. The maximum absolute atomic E-state index is 4.21. The summed E-state index contributed by atoms with van der Waals surface area (Å²) in [6, 6.07) is 8.56. The Morgan fingerprint density at radius 3 is 2.50 bits per heavy atom. The minimum Gasteiger partial charge on any atom is -0.308 e. The first-order chi connectivity index (χ1) is 10.7. The Morgan fingerprint density at radius 1 is 1.09 bits per heavy atom. The smallest absolute Gasteiger partial charge is 0.137 e. The Balaban J connectivity index is 1.53. The van der Waals surface area contributed by atoms with Crippen LogP contribution in [0.3, 0.4) is 0 Å². The van der Waals surface area contributed by atoms with Crippen LogP contribution in [0.2, 0.25) is 0 Å². The van der Waals surface area contributed by atoms with Gasteiger partial charge in [-0.2, -0.15) is 10.2 Å². The van der Waals surface area contributed by atoms with Crippen molar-refractivity contribution < 1.29 is 0 Å². The van der Waals surface area contributed by atoms with Crippen LogP contribution in [-0.2, 0) is 19.6 Å². The van der Waals surface area contributed by atoms with Crippen molar-refractivity contribution in [1.82, 2.24) is 30.3 Å². The van der Waals surface area contributed by atoms with E-state index in [1.807, 2.05) is 11.6 Å². The molecular formula is C16H20N6. The number of benzene rings is 1. The van der Waals surface area contributed by atoms with Gasteiger partial charge in [-0.1, -0.05) is 24.3 Å². The predicted octanol–water partition coefficient (Wildman–Crippen LogP) is 1.96. The molecule has 22 heavy (non-hydrogen) atoms. The molecule has 0 unspecified atom stereocenters. The van der Waals surface area contributed by atoms with Gasteiger partial charge in [-0.25, -0.2) is 9.67 Å². The van der Waals surface area contributed by atoms with E-state index in [0.717, 1.165) is 31.0 Å². The zero-order chi connectivity index (χ0) is 15.4. The first kappa shape index (κ1) is 14.5. The molecule has 0 atom stereocenters. The second-order valence-electron chi connectivity index (χ2n) is 5.43. The van der Waals surface area contributed by atoms with Gasteiger partial charge in [-0.05, 0) is 25.0 Å². The molecule has 0 aliphatic carbocycles. The number of nitrogens with zero attached hydrogens (tertiary/aromatic N) is 4. The molecule has 0 aliphatic rings. The molecule has 2 heterocycles. The summed E-state index contributed by atoms with van der Waals surface area (Å²) < 4.78 is 1.82. The van der Waals surface area contributed by atoms with Gasteiger partial charge in [0.05, 0.1) is 12.2 Å². The van der Waals surface area contributed by atoms with Gasteiger partial charge in [0, 0.05) is 24.3 Å². The van der Waals surface area contributed by atoms with Crippen LogP contribution in [0.15, 0.2) is 36.9 Å². The maximum Gasteiger partial charge on any atom is 0.137 e. The van der Waals surface area contributed by atoms with Crippen LogP contribution in [0, 0.1) is 13.8 Å². The molecule has 0 bridgehead atoms. The fourth-order valence-electron chi connectivity index (χ4n) is 2.43. The molecule has 2 aromatic heterocycles. The van der Waals surface area contributed by atoms with Crippen LogP contribution in [-0.4, -0.2) is 25.0 Å². The Bertz CT molecular complexity index is 692. The average Bonchev–Trinajstić information content (AvgIpc) is 3.13. The van der Waals surface area contributed by atoms with Gasteiger partial charge in [-0.15, -0.1) is 0 Å². The van der Waals surface area contributed by atoms with Gasteiger partial charge in [-0.3, -0.25) is 5.10 Å². The Hall–Kier alpha value is -2.47. The van der Waals surface area contributed by atoms with E-state index in [-0.39, 0.29) is 0 Å². The molecule has 0 saturated heterocycles. The third-order valence-electron chi connectivity index (χ3n) is 3.75. The second-order valence-corrected chi connectivity index (χ2v) is 5.43. The van der Waals surface area contributed by atoms with E-state index in [0.29, 0.717) is 0 Å². The fourth-order valence-corrected chi connectivity index (χ4v) is 2.43. The first-order valence-electron chi connectivity index (χ1n) is 7.34. The normalized spacial score (nSPS) is 11.0. The van der Waals surface area contributed by atoms with Crippen LogP contribution in [0.4, 0.5) is 0 Å². The molecule has 2 N–H and O–H groups in total. The molecule has 1 aromatic carbocycles. The highest BCUT2D eigenvalue weighted by Gasteiger charge is 2.05. The van der Waals surface area contributed by atoms with Gasteiger partial charge in [0.15, 0.2) is 0 Å². The Morgan fingerprint density at radius 2 is 1.86 bits per heavy atom. The molecular weight excluding hydrogens is 276 g/mol. The lowest BCUT2D eigenvalue weighted by Gasteiger charge is -2.07. The minimum atomic E-state index is 0.751. The molecule has 0 radical (unpaired) electrons. The highest BCUT2D eigenvalue weighted by Crippen LogP contribution is 2.10. The number of rotatable bonds is 6. The summed E-state index contributed by atoms with van der Waals surface area (Å²) in [7, 11) is 0. The minimum absolute atomic E-state index is 0.751. The second kappa shape index (κ2) is 6.53. The van der Waals surface area contributed by atoms with Crippen LogP contribution in [0.5, 0.6) is 0 Å². The SMILES string of the molecule is Cc1n[nH]c(C)c1CNCc1ccc(Cn2cncn2)cc1. The van der Waals surface area contributed by atoms with E-state index in [2.05, 4.69) is 56.8 Å². The summed E-state index contributed by atoms with van der Waals surface area (Å²) in [5.41, 5.74) is 5.93. The first-order valence-corrected chi connectivity index (χ1v) is 7.34. The molecule has 3 rings (SSSR count). The molecule has 114 valence electrons. The predicted molar refractivity (Wildman–Crippen MR) is 84.2 cm³/mol. The van der Waals surface area contributed by atoms with Crippen LogP contribution in [0.25, 0.3) is 0 Å². The monoisotopic (exact) mass is 296 g/mol. The largest absolute Gasteiger partial charge is 0.308 e. The highest BCUT2D eigenvalue weighted by molar-refractivity contribution is 5.24. The third kappa shape index (κ3) is 3.40. The highest BCUT2D eigenvalue weighted by atomic mass is 15.3. The molecule has 0 amide bonds. The molecule has 6 nitrogen and oxygen atoms in total. The van der Waals surface area contributed by atoms with Crippen molar-refractivity contribution in [3.8, 4) is 0 Å². The number of nitrogens with one attached hydrogen (secondary N) is 2. The Labute approximate surface area is 129 Å². The zero-order valence-electron chi connectivity index (χ0n) is 12.9. The average molecular weight is 296 g/mol. The number of aromatic amines is 1. The van der Waals surface area contributed by atoms with E-state index in [9.17, 15) is 0 Å². The topological polar surface area (TPSA) is 71.4 Å². The summed E-state index contributed by atoms with van der Waals surface area (Å²) >= 11 is 0. The number of aryl methyl sites for hydroxylation is 2. The lowest BCUT2D eigenvalue weighted by Crippen LogP contribution is -2.13. The van der Waals surface area contributed by atoms with Crippen molar-refractivity contribution in [2.75, 3.05) is 0 Å². The number of H-pyrrole nitrogens is 1. The van der Waals surface area contributed by atoms with Crippen LogP contribution >= 0.6 is 0 Å². The van der Waals surface area contributed by atoms with Crippen molar-refractivity contribution >= 4 is 0 Å². The zero-order valence-corrected chi connectivity index (χ0v) is 12.9. The molecule has 0 spiro atoms. The van der Waals surface area contributed by atoms with Gasteiger partial charge < -0.3 is 5.32 Å². The van der Waals surface area contributed by atoms with Crippen molar-refractivity contribution in [3.63, 3.8) is 0 Å². The van der Waals surface area contributed by atoms with E-state index < -0.39 is 0 Å². The van der Waals surface area contributed by atoms with Crippen molar-refractivity contribution in [3.05, 3.63) is 65.0 Å². The van der Waals surface area contributed by atoms with Gasteiger partial charge >= 0.3 is 0 Å². The quantitative estimate of drug-likeness (QED) is 0.729. The Kier molecular flexibility index (Phi) is 4.29. The molecule has 0 aliphatic heterocycles. The summed E-state index contributed by atoms with van der Waals surface area (Å²) in [5.74, 6) is 0. The van der Waals surface area contributed by atoms with E-state index >= 15 is 0 Å². The standard InChI is InChI=1S/C16H20N6/c1-12-16(13(2)21-20-12)8-17-7-14-3-5-15(6-4-14)9-22-11-18-10-19-22/h3-6,10-11,17H,7-9H2,1-2H3,(H,20,21). The number of hydrogen-bond acceptors (Lipinski definition) is 4. The summed E-state index contributed by atoms with van der Waals surface area (Å²) in [6.45, 7) is 6.50. The maximum atomic E-state index is 4.21. The summed E-state index contributed by atoms with van der Waals surface area (Å²) in [6.07, 6.45) is 3.28. The fraction of sp³-hybridized carbons (Fsp3) is 0.312. The lowest BCUT2D eigenvalue weighted by atomic mass is 10.1. The summed E-state index contributed by atoms with van der Waals surface area (Å²) in [4.78, 5) is 3.95.